The first-order valence-electron chi connectivity index (χ1n) is 17.5. The number of aromatic hydroxyl groups is 1. The minimum Gasteiger partial charge on any atom is -0.508 e. The van der Waals surface area contributed by atoms with Crippen LogP contribution in [0.15, 0.2) is 72.3 Å². The number of rotatable bonds is 15. The molecule has 47 heavy (non-hydrogen) atoms. The Labute approximate surface area is 289 Å². The Kier molecular flexibility index (Phi) is 45.4. The number of hydrogen-bond donors (Lipinski definition) is 4. The van der Waals surface area contributed by atoms with Gasteiger partial charge in [-0.3, -0.25) is 9.59 Å². The molecule has 2 amide bonds. The number of unbranched alkanes of at least 4 members (excludes halogenated alkanes) is 6. The fourth-order valence-electron chi connectivity index (χ4n) is 3.44. The summed E-state index contributed by atoms with van der Waals surface area (Å²) in [6.45, 7) is 23.7. The Bertz CT molecular complexity index is 947. The number of phenols is 1. The summed E-state index contributed by atoms with van der Waals surface area (Å²) in [5, 5.41) is 14.8. The van der Waals surface area contributed by atoms with Crippen molar-refractivity contribution in [2.75, 3.05) is 19.7 Å². The van der Waals surface area contributed by atoms with Crippen LogP contribution in [0.4, 0.5) is 0 Å². The molecule has 2 aromatic carbocycles. The van der Waals surface area contributed by atoms with Crippen LogP contribution in [-0.4, -0.2) is 37.1 Å². The lowest BCUT2D eigenvalue weighted by Crippen LogP contribution is -2.20. The van der Waals surface area contributed by atoms with Crippen LogP contribution in [-0.2, 0) is 16.1 Å². The standard InChI is InChI=1S/C16H23NO.C7H15NO.C7H8O.C7H16.C2H6.CH3NO/c1-4-7-14(5-2)13-18-16-10-8-15(9-11-16)12-17-6-3;1-3-4-5-6-8-7(2)9;1-6-2-4-7(8)5-3-6;1-3-5-7-6-4-2;1-2;2-1-3/h4-5,7-11,17H,6,12-13H2,1-3H3;3-6H2,1-2H3,(H,8,9);2-5,8H,1H3;3-7H2,1-2H3;1-2H3;1H,(H2,2,3)/b7-4-,14-5+;;;;;. The van der Waals surface area contributed by atoms with Crippen molar-refractivity contribution in [2.24, 2.45) is 5.73 Å². The lowest BCUT2D eigenvalue weighted by Gasteiger charge is -2.08. The van der Waals surface area contributed by atoms with Crippen LogP contribution < -0.4 is 21.1 Å². The Hall–Kier alpha value is -3.58. The summed E-state index contributed by atoms with van der Waals surface area (Å²) < 4.78 is 5.73. The second-order valence-electron chi connectivity index (χ2n) is 10.3. The van der Waals surface area contributed by atoms with Crippen molar-refractivity contribution < 1.29 is 19.4 Å². The van der Waals surface area contributed by atoms with Crippen LogP contribution in [0.3, 0.4) is 0 Å². The van der Waals surface area contributed by atoms with Gasteiger partial charge >= 0.3 is 0 Å². The first-order chi connectivity index (χ1) is 22.7. The van der Waals surface area contributed by atoms with E-state index < -0.39 is 0 Å². The van der Waals surface area contributed by atoms with E-state index in [2.05, 4.69) is 68.3 Å². The lowest BCUT2D eigenvalue weighted by molar-refractivity contribution is -0.119. The lowest BCUT2D eigenvalue weighted by atomic mass is 10.2. The molecule has 0 atom stereocenters. The number of carbonyl (C=O) groups excluding carboxylic acids is 2. The number of hydrogen-bond acceptors (Lipinski definition) is 5. The average molecular weight is 658 g/mol. The second-order valence-corrected chi connectivity index (χ2v) is 10.3. The minimum atomic E-state index is 0.0751. The summed E-state index contributed by atoms with van der Waals surface area (Å²) >= 11 is 0. The molecule has 2 aromatic rings. The van der Waals surface area contributed by atoms with Gasteiger partial charge in [0, 0.05) is 20.0 Å². The summed E-state index contributed by atoms with van der Waals surface area (Å²) in [6, 6.07) is 15.3. The summed E-state index contributed by atoms with van der Waals surface area (Å²) in [4.78, 5) is 18.9. The van der Waals surface area contributed by atoms with E-state index in [1.807, 2.05) is 65.0 Å². The third kappa shape index (κ3) is 42.4. The van der Waals surface area contributed by atoms with Crippen molar-refractivity contribution in [3.63, 3.8) is 0 Å². The van der Waals surface area contributed by atoms with E-state index in [4.69, 9.17) is 14.6 Å². The molecule has 2 rings (SSSR count). The first kappa shape index (κ1) is 50.3. The van der Waals surface area contributed by atoms with Gasteiger partial charge in [-0.1, -0.05) is 135 Å². The monoisotopic (exact) mass is 658 g/mol. The molecule has 7 nitrogen and oxygen atoms in total. The molecule has 0 saturated carbocycles. The van der Waals surface area contributed by atoms with E-state index in [9.17, 15) is 4.79 Å². The zero-order valence-electron chi connectivity index (χ0n) is 31.7. The topological polar surface area (TPSA) is 114 Å². The predicted molar refractivity (Wildman–Crippen MR) is 205 cm³/mol. The van der Waals surface area contributed by atoms with Gasteiger partial charge in [0.1, 0.15) is 18.1 Å². The molecule has 0 radical (unpaired) electrons. The number of amides is 2. The van der Waals surface area contributed by atoms with Gasteiger partial charge in [-0.05, 0) is 69.1 Å². The molecular weight excluding hydrogens is 586 g/mol. The SMILES string of the molecule is C/C=C\C(=C/C)COc1ccc(CNCC)cc1.CC.CCCCCCC.CCCCCNC(C)=O.Cc1ccc(O)cc1.NC=O. The van der Waals surface area contributed by atoms with Gasteiger partial charge in [0.05, 0.1) is 0 Å². The number of benzene rings is 2. The van der Waals surface area contributed by atoms with Crippen molar-refractivity contribution in [3.8, 4) is 11.5 Å². The van der Waals surface area contributed by atoms with E-state index in [1.54, 1.807) is 19.1 Å². The van der Waals surface area contributed by atoms with Gasteiger partial charge in [-0.2, -0.15) is 0 Å². The highest BCUT2D eigenvalue weighted by atomic mass is 16.5. The summed E-state index contributed by atoms with van der Waals surface area (Å²) in [5.41, 5.74) is 7.81. The molecule has 0 saturated heterocycles. The van der Waals surface area contributed by atoms with Crippen LogP contribution in [0.5, 0.6) is 11.5 Å². The maximum Gasteiger partial charge on any atom is 0.216 e. The van der Waals surface area contributed by atoms with Crippen molar-refractivity contribution in [1.82, 2.24) is 10.6 Å². The summed E-state index contributed by atoms with van der Waals surface area (Å²) in [5.74, 6) is 1.32. The first-order valence-corrected chi connectivity index (χ1v) is 17.5. The van der Waals surface area contributed by atoms with Gasteiger partial charge in [0.2, 0.25) is 12.3 Å². The number of primary amides is 1. The van der Waals surface area contributed by atoms with Gasteiger partial charge in [-0.25, -0.2) is 0 Å². The molecule has 0 heterocycles. The van der Waals surface area contributed by atoms with Crippen LogP contribution in [0.2, 0.25) is 0 Å². The van der Waals surface area contributed by atoms with Crippen molar-refractivity contribution in [2.45, 2.75) is 127 Å². The van der Waals surface area contributed by atoms with Gasteiger partial charge in [-0.15, -0.1) is 0 Å². The number of nitrogens with two attached hydrogens (primary N) is 1. The molecule has 5 N–H and O–H groups in total. The smallest absolute Gasteiger partial charge is 0.216 e. The number of allylic oxidation sites excluding steroid dienone is 2. The highest BCUT2D eigenvalue weighted by molar-refractivity contribution is 5.72. The van der Waals surface area contributed by atoms with E-state index >= 15 is 0 Å². The van der Waals surface area contributed by atoms with E-state index in [0.29, 0.717) is 12.4 Å². The van der Waals surface area contributed by atoms with E-state index in [1.165, 1.54) is 61.6 Å². The molecule has 0 aliphatic carbocycles. The zero-order chi connectivity index (χ0) is 36.6. The average Bonchev–Trinajstić information content (AvgIpc) is 3.08. The fourth-order valence-corrected chi connectivity index (χ4v) is 3.44. The summed E-state index contributed by atoms with van der Waals surface area (Å²) in [6.07, 6.45) is 16.9. The predicted octanol–water partition coefficient (Wildman–Crippen LogP) is 9.82. The van der Waals surface area contributed by atoms with E-state index in [0.717, 1.165) is 31.8 Å². The van der Waals surface area contributed by atoms with Gasteiger partial charge in [0.15, 0.2) is 0 Å². The number of aryl methyl sites for hydroxylation is 1. The molecule has 0 bridgehead atoms. The molecule has 0 aliphatic rings. The normalized spacial score (nSPS) is 9.70. The van der Waals surface area contributed by atoms with Crippen molar-refractivity contribution >= 4 is 12.3 Å². The van der Waals surface area contributed by atoms with E-state index in [-0.39, 0.29) is 12.3 Å². The maximum absolute atomic E-state index is 10.3. The molecule has 0 fully saturated rings. The van der Waals surface area contributed by atoms with Gasteiger partial charge in [0.25, 0.3) is 0 Å². The minimum absolute atomic E-state index is 0.0751. The van der Waals surface area contributed by atoms with Crippen LogP contribution in [0.1, 0.15) is 125 Å². The maximum atomic E-state index is 10.3. The molecular formula is C40H71N3O4. The molecule has 0 unspecified atom stereocenters. The number of nitrogens with one attached hydrogen (secondary N) is 2. The molecule has 7 heteroatoms. The Morgan fingerprint density at radius 1 is 0.851 bits per heavy atom. The fraction of sp³-hybridized carbons (Fsp3) is 0.550. The van der Waals surface area contributed by atoms with Crippen LogP contribution >= 0.6 is 0 Å². The molecule has 0 aromatic heterocycles. The quantitative estimate of drug-likeness (QED) is 0.0865. The number of ether oxygens (including phenoxy) is 1. The van der Waals surface area contributed by atoms with Crippen molar-refractivity contribution in [3.05, 3.63) is 83.5 Å². The van der Waals surface area contributed by atoms with Crippen LogP contribution in [0, 0.1) is 6.92 Å². The summed E-state index contributed by atoms with van der Waals surface area (Å²) in [7, 11) is 0. The molecule has 0 spiro atoms. The highest BCUT2D eigenvalue weighted by Crippen LogP contribution is 2.13. The molecule has 0 aliphatic heterocycles. The largest absolute Gasteiger partial charge is 0.508 e. The second kappa shape index (κ2) is 42.4. The van der Waals surface area contributed by atoms with Crippen molar-refractivity contribution in [1.29, 1.82) is 0 Å². The Morgan fingerprint density at radius 2 is 1.36 bits per heavy atom. The van der Waals surface area contributed by atoms with Gasteiger partial charge < -0.3 is 26.2 Å². The third-order valence-corrected chi connectivity index (χ3v) is 6.05. The van der Waals surface area contributed by atoms with Crippen LogP contribution in [0.25, 0.3) is 0 Å². The number of carbonyl (C=O) groups is 2. The Morgan fingerprint density at radius 3 is 1.77 bits per heavy atom. The Balaban J connectivity index is -0.000000270. The number of phenolic OH excluding ortho intramolecular Hbond substituents is 1. The molecule has 270 valence electrons. The highest BCUT2D eigenvalue weighted by Gasteiger charge is 1.97. The third-order valence-electron chi connectivity index (χ3n) is 6.05. The zero-order valence-corrected chi connectivity index (χ0v) is 31.7.